The quantitative estimate of drug-likeness (QED) is 0.161. The first-order chi connectivity index (χ1) is 16.7. The van der Waals surface area contributed by atoms with Gasteiger partial charge in [0.25, 0.3) is 0 Å². The molecule has 0 bridgehead atoms. The number of hydrogen-bond acceptors (Lipinski definition) is 6. The van der Waals surface area contributed by atoms with Crippen LogP contribution in [0.1, 0.15) is 52.0 Å². The predicted molar refractivity (Wildman–Crippen MR) is 133 cm³/mol. The number of amides is 4. The molecule has 4 amide bonds. The summed E-state index contributed by atoms with van der Waals surface area (Å²) in [5, 5.41) is 10.6. The number of alkyl halides is 1. The van der Waals surface area contributed by atoms with Crippen molar-refractivity contribution < 1.29 is 28.7 Å². The molecule has 0 heterocycles. The number of carbonyl (C=O) groups is 5. The van der Waals surface area contributed by atoms with Gasteiger partial charge in [0.1, 0.15) is 18.5 Å². The average Bonchev–Trinajstić information content (AvgIpc) is 2.84. The van der Waals surface area contributed by atoms with E-state index in [0.717, 1.165) is 5.56 Å². The second-order valence-corrected chi connectivity index (χ2v) is 8.47. The Balaban J connectivity index is 2.41. The van der Waals surface area contributed by atoms with E-state index in [4.69, 9.17) is 16.3 Å². The lowest BCUT2D eigenvalue weighted by Crippen LogP contribution is -2.51. The molecule has 0 saturated heterocycles. The lowest BCUT2D eigenvalue weighted by Gasteiger charge is -2.21. The maximum absolute atomic E-state index is 12.6. The van der Waals surface area contributed by atoms with E-state index in [9.17, 15) is 24.0 Å². The van der Waals surface area contributed by atoms with Gasteiger partial charge < -0.3 is 26.0 Å². The summed E-state index contributed by atoms with van der Waals surface area (Å²) in [6.45, 7) is 5.64. The highest BCUT2D eigenvalue weighted by Gasteiger charge is 2.24. The third-order valence-corrected chi connectivity index (χ3v) is 5.13. The fraction of sp³-hybridized carbons (Fsp3) is 0.542. The molecule has 1 aromatic rings. The Bertz CT molecular complexity index is 860. The average molecular weight is 511 g/mol. The van der Waals surface area contributed by atoms with Crippen molar-refractivity contribution in [3.8, 4) is 0 Å². The second-order valence-electron chi connectivity index (χ2n) is 8.21. The monoisotopic (exact) mass is 510 g/mol. The molecule has 0 aliphatic rings. The molecule has 0 spiro atoms. The summed E-state index contributed by atoms with van der Waals surface area (Å²) >= 11 is 5.39. The van der Waals surface area contributed by atoms with E-state index < -0.39 is 17.9 Å². The molecule has 4 N–H and O–H groups in total. The Morgan fingerprint density at radius 2 is 1.63 bits per heavy atom. The minimum Gasteiger partial charge on any atom is -0.461 e. The number of unbranched alkanes of at least 4 members (excludes halogenated alkanes) is 1. The molecular formula is C24H35ClN4O6. The first kappa shape index (κ1) is 29.9. The van der Waals surface area contributed by atoms with Crippen LogP contribution in [0.2, 0.25) is 0 Å². The normalized spacial score (nSPS) is 11.3. The van der Waals surface area contributed by atoms with Crippen LogP contribution >= 0.6 is 11.6 Å². The fourth-order valence-corrected chi connectivity index (χ4v) is 2.99. The fourth-order valence-electron chi connectivity index (χ4n) is 2.90. The summed E-state index contributed by atoms with van der Waals surface area (Å²) in [5.41, 5.74) is 1.32. The van der Waals surface area contributed by atoms with Crippen molar-refractivity contribution in [2.24, 2.45) is 5.92 Å². The summed E-state index contributed by atoms with van der Waals surface area (Å²) in [5.74, 6) is -1.99. The third kappa shape index (κ3) is 12.8. The molecule has 1 aromatic carbocycles. The number of ether oxygens (including phenoxy) is 1. The van der Waals surface area contributed by atoms with Crippen molar-refractivity contribution in [1.29, 1.82) is 0 Å². The van der Waals surface area contributed by atoms with Crippen molar-refractivity contribution in [1.82, 2.24) is 16.0 Å². The standard InChI is InChI=1S/C24H35ClN4O6/c1-4-22(33)35-15-17-8-10-18(11-9-17)28-21(32)14-27-24(34)23(16(2)3)29-19(30)7-5-6-12-26-20(31)13-25/h8-11,16,23H,4-7,12-15H2,1-3H3,(H,26,31)(H,27,34)(H,28,32)(H,29,30). The first-order valence-corrected chi connectivity index (χ1v) is 12.1. The lowest BCUT2D eigenvalue weighted by molar-refractivity contribution is -0.144. The van der Waals surface area contributed by atoms with Crippen LogP contribution in [0.25, 0.3) is 0 Å². The minimum atomic E-state index is -0.781. The Morgan fingerprint density at radius 1 is 0.943 bits per heavy atom. The van der Waals surface area contributed by atoms with Crippen LogP contribution in [0.3, 0.4) is 0 Å². The summed E-state index contributed by atoms with van der Waals surface area (Å²) in [7, 11) is 0. The number of nitrogens with one attached hydrogen (secondary N) is 4. The van der Waals surface area contributed by atoms with Crippen molar-refractivity contribution >= 4 is 46.9 Å². The molecule has 1 rings (SSSR count). The minimum absolute atomic E-state index is 0.103. The summed E-state index contributed by atoms with van der Waals surface area (Å²) in [4.78, 5) is 59.3. The maximum Gasteiger partial charge on any atom is 0.305 e. The zero-order valence-electron chi connectivity index (χ0n) is 20.4. The summed E-state index contributed by atoms with van der Waals surface area (Å²) < 4.78 is 5.05. The van der Waals surface area contributed by atoms with Gasteiger partial charge in [0.05, 0.1) is 6.54 Å². The van der Waals surface area contributed by atoms with Gasteiger partial charge in [-0.25, -0.2) is 0 Å². The van der Waals surface area contributed by atoms with Gasteiger partial charge in [-0.2, -0.15) is 0 Å². The van der Waals surface area contributed by atoms with Crippen molar-refractivity contribution in [3.05, 3.63) is 29.8 Å². The highest BCUT2D eigenvalue weighted by Crippen LogP contribution is 2.11. The van der Waals surface area contributed by atoms with E-state index in [1.807, 2.05) is 0 Å². The van der Waals surface area contributed by atoms with Crippen molar-refractivity contribution in [2.75, 3.05) is 24.3 Å². The van der Waals surface area contributed by atoms with Crippen LogP contribution in [0.4, 0.5) is 5.69 Å². The van der Waals surface area contributed by atoms with Crippen LogP contribution in [-0.4, -0.2) is 54.6 Å². The third-order valence-electron chi connectivity index (χ3n) is 4.89. The van der Waals surface area contributed by atoms with Gasteiger partial charge in [-0.05, 0) is 36.5 Å². The number of anilines is 1. The topological polar surface area (TPSA) is 143 Å². The van der Waals surface area contributed by atoms with Gasteiger partial charge >= 0.3 is 5.97 Å². The SMILES string of the molecule is CCC(=O)OCc1ccc(NC(=O)CNC(=O)C(NC(=O)CCCCNC(=O)CCl)C(C)C)cc1. The number of rotatable bonds is 15. The van der Waals surface area contributed by atoms with Crippen molar-refractivity contribution in [3.63, 3.8) is 0 Å². The number of hydrogen-bond donors (Lipinski definition) is 4. The van der Waals surface area contributed by atoms with Gasteiger partial charge in [0.15, 0.2) is 0 Å². The molecule has 1 unspecified atom stereocenters. The highest BCUT2D eigenvalue weighted by molar-refractivity contribution is 6.27. The van der Waals surface area contributed by atoms with Crippen LogP contribution < -0.4 is 21.3 Å². The van der Waals surface area contributed by atoms with Gasteiger partial charge in [-0.1, -0.05) is 32.9 Å². The van der Waals surface area contributed by atoms with E-state index in [0.29, 0.717) is 31.5 Å². The number of carbonyl (C=O) groups excluding carboxylic acids is 5. The number of esters is 1. The molecule has 10 nitrogen and oxygen atoms in total. The smallest absolute Gasteiger partial charge is 0.305 e. The van der Waals surface area contributed by atoms with Crippen LogP contribution in [0.5, 0.6) is 0 Å². The molecule has 194 valence electrons. The Hall–Kier alpha value is -3.14. The Morgan fingerprint density at radius 3 is 2.23 bits per heavy atom. The van der Waals surface area contributed by atoms with E-state index >= 15 is 0 Å². The predicted octanol–water partition coefficient (Wildman–Crippen LogP) is 1.86. The molecule has 0 fully saturated rings. The van der Waals surface area contributed by atoms with Crippen LogP contribution in [0, 0.1) is 5.92 Å². The molecule has 0 aromatic heterocycles. The Kier molecular flexibility index (Phi) is 14.1. The van der Waals surface area contributed by atoms with E-state index in [1.54, 1.807) is 45.0 Å². The Labute approximate surface area is 210 Å². The largest absolute Gasteiger partial charge is 0.461 e. The molecule has 35 heavy (non-hydrogen) atoms. The van der Waals surface area contributed by atoms with Gasteiger partial charge in [-0.15, -0.1) is 11.6 Å². The molecule has 1 atom stereocenters. The molecular weight excluding hydrogens is 476 g/mol. The zero-order chi connectivity index (χ0) is 26.2. The van der Waals surface area contributed by atoms with E-state index in [1.165, 1.54) is 0 Å². The lowest BCUT2D eigenvalue weighted by atomic mass is 10.0. The van der Waals surface area contributed by atoms with Crippen LogP contribution in [0.15, 0.2) is 24.3 Å². The van der Waals surface area contributed by atoms with Crippen LogP contribution in [-0.2, 0) is 35.3 Å². The van der Waals surface area contributed by atoms with E-state index in [2.05, 4.69) is 21.3 Å². The van der Waals surface area contributed by atoms with Gasteiger partial charge in [0.2, 0.25) is 23.6 Å². The number of benzene rings is 1. The molecule has 0 saturated carbocycles. The van der Waals surface area contributed by atoms with Gasteiger partial charge in [0, 0.05) is 25.1 Å². The summed E-state index contributed by atoms with van der Waals surface area (Å²) in [6.07, 6.45) is 1.67. The second kappa shape index (κ2) is 16.5. The molecule has 0 aliphatic heterocycles. The zero-order valence-corrected chi connectivity index (χ0v) is 21.2. The molecule has 0 radical (unpaired) electrons. The number of halogens is 1. The summed E-state index contributed by atoms with van der Waals surface area (Å²) in [6, 6.07) is 6.03. The van der Waals surface area contributed by atoms with E-state index in [-0.39, 0.29) is 49.2 Å². The first-order valence-electron chi connectivity index (χ1n) is 11.6. The highest BCUT2D eigenvalue weighted by atomic mass is 35.5. The molecule has 0 aliphatic carbocycles. The molecule has 11 heteroatoms. The maximum atomic E-state index is 12.6. The van der Waals surface area contributed by atoms with Gasteiger partial charge in [-0.3, -0.25) is 24.0 Å². The van der Waals surface area contributed by atoms with Crippen molar-refractivity contribution in [2.45, 2.75) is 59.1 Å².